The minimum atomic E-state index is -3.68. The van der Waals surface area contributed by atoms with E-state index in [1.807, 2.05) is 37.3 Å². The molecule has 8 heteroatoms. The van der Waals surface area contributed by atoms with E-state index in [-0.39, 0.29) is 16.5 Å². The fourth-order valence-corrected chi connectivity index (χ4v) is 5.85. The van der Waals surface area contributed by atoms with Gasteiger partial charge in [0, 0.05) is 36.1 Å². The molecule has 0 saturated carbocycles. The quantitative estimate of drug-likeness (QED) is 0.537. The number of carbonyl (C=O) groups is 1. The lowest BCUT2D eigenvalue weighted by atomic mass is 10.0. The summed E-state index contributed by atoms with van der Waals surface area (Å²) in [6.07, 6.45) is 3.21. The number of aryl methyl sites for hydroxylation is 1. The number of hydrogen-bond donors (Lipinski definition) is 2. The van der Waals surface area contributed by atoms with Crippen molar-refractivity contribution in [2.75, 3.05) is 13.1 Å². The van der Waals surface area contributed by atoms with Gasteiger partial charge in [0.25, 0.3) is 5.91 Å². The fraction of sp³-hybridized carbons (Fsp3) is 0.385. The monoisotopic (exact) mass is 481 g/mol. The van der Waals surface area contributed by atoms with Gasteiger partial charge in [0.15, 0.2) is 0 Å². The maximum atomic E-state index is 13.2. The van der Waals surface area contributed by atoms with E-state index in [0.29, 0.717) is 29.9 Å². The zero-order valence-corrected chi connectivity index (χ0v) is 20.4. The highest BCUT2D eigenvalue weighted by molar-refractivity contribution is 7.89. The predicted octanol–water partition coefficient (Wildman–Crippen LogP) is 3.70. The van der Waals surface area contributed by atoms with E-state index in [0.717, 1.165) is 25.7 Å². The molecule has 2 heterocycles. The third-order valence-corrected chi connectivity index (χ3v) is 8.42. The Morgan fingerprint density at radius 2 is 1.82 bits per heavy atom. The van der Waals surface area contributed by atoms with Crippen LogP contribution < -0.4 is 10.9 Å². The van der Waals surface area contributed by atoms with Crippen LogP contribution in [0.2, 0.25) is 0 Å². The molecule has 0 spiro atoms. The third-order valence-electron chi connectivity index (χ3n) is 6.53. The van der Waals surface area contributed by atoms with Crippen LogP contribution in [0.4, 0.5) is 0 Å². The molecule has 4 rings (SSSR count). The van der Waals surface area contributed by atoms with Gasteiger partial charge in [0.1, 0.15) is 0 Å². The maximum absolute atomic E-state index is 13.2. The molecule has 1 aliphatic heterocycles. The van der Waals surface area contributed by atoms with Gasteiger partial charge in [-0.2, -0.15) is 4.31 Å². The number of pyridine rings is 1. The number of hydrogen-bond acceptors (Lipinski definition) is 4. The summed E-state index contributed by atoms with van der Waals surface area (Å²) in [5.41, 5.74) is 1.39. The van der Waals surface area contributed by atoms with Crippen LogP contribution >= 0.6 is 0 Å². The van der Waals surface area contributed by atoms with E-state index >= 15 is 0 Å². The van der Waals surface area contributed by atoms with Crippen molar-refractivity contribution in [3.8, 4) is 0 Å². The van der Waals surface area contributed by atoms with Gasteiger partial charge in [-0.1, -0.05) is 37.3 Å². The Hall–Kier alpha value is -2.97. The molecule has 1 amide bonds. The Bertz CT molecular complexity index is 1330. The average molecular weight is 482 g/mol. The van der Waals surface area contributed by atoms with Crippen LogP contribution in [-0.2, 0) is 16.4 Å². The number of amides is 1. The summed E-state index contributed by atoms with van der Waals surface area (Å²) in [5.74, 6) is 0.116. The molecule has 34 heavy (non-hydrogen) atoms. The first-order valence-electron chi connectivity index (χ1n) is 11.8. The average Bonchev–Trinajstić information content (AvgIpc) is 2.82. The van der Waals surface area contributed by atoms with E-state index in [4.69, 9.17) is 0 Å². The number of piperidine rings is 1. The molecule has 1 aromatic heterocycles. The van der Waals surface area contributed by atoms with E-state index in [2.05, 4.69) is 17.2 Å². The molecule has 180 valence electrons. The number of fused-ring (bicyclic) bond motifs is 1. The lowest BCUT2D eigenvalue weighted by Gasteiger charge is -2.29. The summed E-state index contributed by atoms with van der Waals surface area (Å²) < 4.78 is 28.0. The number of carbonyl (C=O) groups excluding carboxylic acids is 1. The summed E-state index contributed by atoms with van der Waals surface area (Å²) >= 11 is 0. The summed E-state index contributed by atoms with van der Waals surface area (Å²) in [6.45, 7) is 5.02. The van der Waals surface area contributed by atoms with Gasteiger partial charge >= 0.3 is 0 Å². The molecular formula is C26H31N3O4S. The first kappa shape index (κ1) is 24.2. The highest BCUT2D eigenvalue weighted by Crippen LogP contribution is 2.26. The zero-order valence-electron chi connectivity index (χ0n) is 19.6. The van der Waals surface area contributed by atoms with Crippen molar-refractivity contribution in [1.29, 1.82) is 0 Å². The van der Waals surface area contributed by atoms with Gasteiger partial charge in [0.05, 0.1) is 10.5 Å². The van der Waals surface area contributed by atoms with Gasteiger partial charge < -0.3 is 10.3 Å². The zero-order chi connectivity index (χ0) is 24.3. The first-order valence-corrected chi connectivity index (χ1v) is 13.2. The molecule has 1 saturated heterocycles. The Morgan fingerprint density at radius 1 is 1.12 bits per heavy atom. The highest BCUT2D eigenvalue weighted by atomic mass is 32.2. The summed E-state index contributed by atoms with van der Waals surface area (Å²) in [7, 11) is -3.68. The fourth-order valence-electron chi connectivity index (χ4n) is 4.36. The number of aromatic nitrogens is 1. The van der Waals surface area contributed by atoms with Gasteiger partial charge in [-0.05, 0) is 62.3 Å². The Kier molecular flexibility index (Phi) is 7.19. The van der Waals surface area contributed by atoms with E-state index in [1.165, 1.54) is 28.1 Å². The van der Waals surface area contributed by atoms with Crippen molar-refractivity contribution in [3.05, 3.63) is 76.1 Å². The summed E-state index contributed by atoms with van der Waals surface area (Å²) in [6, 6.07) is 15.7. The minimum absolute atomic E-state index is 0.121. The molecular weight excluding hydrogens is 450 g/mol. The van der Waals surface area contributed by atoms with Crippen LogP contribution in [0.5, 0.6) is 0 Å². The third kappa shape index (κ3) is 5.39. The van der Waals surface area contributed by atoms with E-state index in [1.54, 1.807) is 6.07 Å². The van der Waals surface area contributed by atoms with Crippen LogP contribution in [0.3, 0.4) is 0 Å². The molecule has 1 fully saturated rings. The lowest BCUT2D eigenvalue weighted by molar-refractivity contribution is 0.0940. The number of H-pyrrole nitrogens is 1. The molecule has 0 radical (unpaired) electrons. The van der Waals surface area contributed by atoms with Gasteiger partial charge in [-0.25, -0.2) is 8.42 Å². The molecule has 2 aromatic carbocycles. The van der Waals surface area contributed by atoms with Crippen molar-refractivity contribution in [3.63, 3.8) is 0 Å². The Labute approximate surface area is 200 Å². The molecule has 0 bridgehead atoms. The second kappa shape index (κ2) is 10.1. The number of nitrogens with one attached hydrogen (secondary N) is 2. The highest BCUT2D eigenvalue weighted by Gasteiger charge is 2.28. The van der Waals surface area contributed by atoms with Crippen LogP contribution in [0.15, 0.2) is 64.3 Å². The summed E-state index contributed by atoms with van der Waals surface area (Å²) in [5, 5.41) is 3.38. The van der Waals surface area contributed by atoms with Crippen molar-refractivity contribution in [2.24, 2.45) is 5.92 Å². The molecule has 3 aromatic rings. The van der Waals surface area contributed by atoms with Gasteiger partial charge in [-0.15, -0.1) is 0 Å². The van der Waals surface area contributed by atoms with Crippen LogP contribution in [0.25, 0.3) is 10.9 Å². The summed E-state index contributed by atoms with van der Waals surface area (Å²) in [4.78, 5) is 28.1. The predicted molar refractivity (Wildman–Crippen MR) is 133 cm³/mol. The smallest absolute Gasteiger partial charge is 0.252 e. The first-order chi connectivity index (χ1) is 16.2. The van der Waals surface area contributed by atoms with Crippen LogP contribution in [0.1, 0.15) is 49.0 Å². The topological polar surface area (TPSA) is 99.3 Å². The number of benzene rings is 2. The van der Waals surface area contributed by atoms with Crippen LogP contribution in [-0.4, -0.2) is 42.7 Å². The van der Waals surface area contributed by atoms with E-state index in [9.17, 15) is 18.0 Å². The number of rotatable bonds is 7. The molecule has 1 aliphatic rings. The number of sulfonamides is 1. The second-order valence-electron chi connectivity index (χ2n) is 9.24. The number of aromatic amines is 1. The molecule has 1 unspecified atom stereocenters. The maximum Gasteiger partial charge on any atom is 0.252 e. The molecule has 1 atom stereocenters. The van der Waals surface area contributed by atoms with Crippen molar-refractivity contribution in [1.82, 2.24) is 14.6 Å². The lowest BCUT2D eigenvalue weighted by Crippen LogP contribution is -2.37. The minimum Gasteiger partial charge on any atom is -0.350 e. The second-order valence-corrected chi connectivity index (χ2v) is 11.2. The SMILES string of the molecule is CC1CCN(S(=O)(=O)c2ccc3[nH]c(=O)cc(C(=O)NC(C)CCc4ccccc4)c3c2)CC1. The van der Waals surface area contributed by atoms with Gasteiger partial charge in [-0.3, -0.25) is 9.59 Å². The van der Waals surface area contributed by atoms with Crippen molar-refractivity contribution < 1.29 is 13.2 Å². The van der Waals surface area contributed by atoms with Crippen LogP contribution in [0, 0.1) is 5.92 Å². The molecule has 2 N–H and O–H groups in total. The molecule has 0 aliphatic carbocycles. The normalized spacial score (nSPS) is 16.4. The van der Waals surface area contributed by atoms with E-state index < -0.39 is 21.5 Å². The van der Waals surface area contributed by atoms with Crippen molar-refractivity contribution >= 4 is 26.8 Å². The Morgan fingerprint density at radius 3 is 2.53 bits per heavy atom. The van der Waals surface area contributed by atoms with Crippen molar-refractivity contribution in [2.45, 2.75) is 50.5 Å². The largest absolute Gasteiger partial charge is 0.350 e. The standard InChI is InChI=1S/C26H31N3O4S/c1-18-12-14-29(15-13-18)34(32,33)21-10-11-24-22(16-21)23(17-25(30)28-24)26(31)27-19(2)8-9-20-6-4-3-5-7-20/h3-7,10-11,16-19H,8-9,12-15H2,1-2H3,(H,27,31)(H,28,30). The Balaban J connectivity index is 1.58. The van der Waals surface area contributed by atoms with Gasteiger partial charge in [0.2, 0.25) is 15.6 Å². The number of nitrogens with zero attached hydrogens (tertiary/aromatic N) is 1. The molecule has 7 nitrogen and oxygen atoms in total.